The number of aryl methyl sites for hydroxylation is 1. The number of anilines is 1. The van der Waals surface area contributed by atoms with E-state index < -0.39 is 0 Å². The van der Waals surface area contributed by atoms with Gasteiger partial charge in [0.25, 0.3) is 0 Å². The highest BCUT2D eigenvalue weighted by Gasteiger charge is 2.20. The quantitative estimate of drug-likeness (QED) is 0.810. The monoisotopic (exact) mass is 300 g/mol. The highest BCUT2D eigenvalue weighted by atomic mass is 16.5. The van der Waals surface area contributed by atoms with Crippen molar-refractivity contribution in [3.05, 3.63) is 36.0 Å². The number of aromatic amines is 1. The van der Waals surface area contributed by atoms with Crippen LogP contribution in [0.2, 0.25) is 0 Å². The maximum absolute atomic E-state index is 12.2. The summed E-state index contributed by atoms with van der Waals surface area (Å²) in [5.74, 6) is 1.41. The van der Waals surface area contributed by atoms with Crippen molar-refractivity contribution in [2.45, 2.75) is 19.8 Å². The average molecular weight is 300 g/mol. The molecular formula is C16H20N4O2. The van der Waals surface area contributed by atoms with Crippen LogP contribution in [0.15, 0.2) is 30.3 Å². The van der Waals surface area contributed by atoms with E-state index >= 15 is 0 Å². The van der Waals surface area contributed by atoms with Crippen molar-refractivity contribution in [2.75, 3.05) is 18.4 Å². The lowest BCUT2D eigenvalue weighted by Crippen LogP contribution is -2.34. The Labute approximate surface area is 129 Å². The number of nitrogens with zero attached hydrogens (tertiary/aromatic N) is 1. The Bertz CT molecular complexity index is 630. The number of ether oxygens (including phenoxy) is 1. The largest absolute Gasteiger partial charge is 0.438 e. The van der Waals surface area contributed by atoms with Gasteiger partial charge in [-0.05, 0) is 57.1 Å². The fourth-order valence-corrected chi connectivity index (χ4v) is 2.50. The van der Waals surface area contributed by atoms with Crippen LogP contribution in [0.3, 0.4) is 0 Å². The van der Waals surface area contributed by atoms with Gasteiger partial charge in [-0.15, -0.1) is 5.10 Å². The Morgan fingerprint density at radius 3 is 2.64 bits per heavy atom. The third kappa shape index (κ3) is 3.65. The number of aromatic nitrogens is 2. The molecule has 0 spiro atoms. The van der Waals surface area contributed by atoms with Gasteiger partial charge in [0, 0.05) is 23.4 Å². The van der Waals surface area contributed by atoms with Crippen LogP contribution in [-0.2, 0) is 4.79 Å². The van der Waals surface area contributed by atoms with Crippen LogP contribution >= 0.6 is 0 Å². The summed E-state index contributed by atoms with van der Waals surface area (Å²) in [6.45, 7) is 3.74. The molecule has 1 fully saturated rings. The Kier molecular flexibility index (Phi) is 4.39. The molecule has 3 rings (SSSR count). The van der Waals surface area contributed by atoms with Gasteiger partial charge in [-0.25, -0.2) is 0 Å². The number of H-pyrrole nitrogens is 1. The molecule has 1 aliphatic heterocycles. The van der Waals surface area contributed by atoms with Crippen LogP contribution in [0.25, 0.3) is 0 Å². The number of carbonyl (C=O) groups is 1. The molecule has 0 aliphatic carbocycles. The summed E-state index contributed by atoms with van der Waals surface area (Å²) >= 11 is 0. The van der Waals surface area contributed by atoms with Crippen LogP contribution in [0, 0.1) is 12.8 Å². The third-order valence-corrected chi connectivity index (χ3v) is 3.74. The van der Waals surface area contributed by atoms with Gasteiger partial charge in [0.05, 0.1) is 0 Å². The fourth-order valence-electron chi connectivity index (χ4n) is 2.50. The minimum Gasteiger partial charge on any atom is -0.438 e. The molecule has 0 unspecified atom stereocenters. The van der Waals surface area contributed by atoms with Crippen LogP contribution in [0.4, 0.5) is 5.69 Å². The molecule has 0 saturated carbocycles. The van der Waals surface area contributed by atoms with Crippen LogP contribution in [0.5, 0.6) is 11.6 Å². The molecule has 1 amide bonds. The predicted octanol–water partition coefficient (Wildman–Crippen LogP) is 2.45. The van der Waals surface area contributed by atoms with Gasteiger partial charge < -0.3 is 15.4 Å². The minimum absolute atomic E-state index is 0.0955. The first-order chi connectivity index (χ1) is 10.7. The molecule has 1 aromatic carbocycles. The zero-order chi connectivity index (χ0) is 15.4. The summed E-state index contributed by atoms with van der Waals surface area (Å²) in [6, 6.07) is 9.15. The SMILES string of the molecule is Cc1cc(Oc2ccc(NC(=O)C3CCNCC3)cc2)n[nH]1. The van der Waals surface area contributed by atoms with Gasteiger partial charge in [-0.2, -0.15) is 0 Å². The summed E-state index contributed by atoms with van der Waals surface area (Å²) in [4.78, 5) is 12.2. The standard InChI is InChI=1S/C16H20N4O2/c1-11-10-15(20-19-11)22-14-4-2-13(3-5-14)18-16(21)12-6-8-17-9-7-12/h2-5,10,12,17H,6-9H2,1H3,(H,18,21)(H,19,20). The second kappa shape index (κ2) is 6.62. The van der Waals surface area contributed by atoms with Crippen LogP contribution in [0.1, 0.15) is 18.5 Å². The number of benzene rings is 1. The van der Waals surface area contributed by atoms with E-state index in [9.17, 15) is 4.79 Å². The molecule has 6 nitrogen and oxygen atoms in total. The smallest absolute Gasteiger partial charge is 0.238 e. The van der Waals surface area contributed by atoms with Crippen LogP contribution in [-0.4, -0.2) is 29.2 Å². The minimum atomic E-state index is 0.0955. The van der Waals surface area contributed by atoms with Gasteiger partial charge in [0.2, 0.25) is 11.8 Å². The Hall–Kier alpha value is -2.34. The molecule has 116 valence electrons. The molecule has 1 saturated heterocycles. The van der Waals surface area contributed by atoms with Gasteiger partial charge >= 0.3 is 0 Å². The van der Waals surface area contributed by atoms with Gasteiger partial charge in [-0.1, -0.05) is 0 Å². The van der Waals surface area contributed by atoms with Crippen molar-refractivity contribution in [2.24, 2.45) is 5.92 Å². The van der Waals surface area contributed by atoms with Crippen molar-refractivity contribution in [3.8, 4) is 11.6 Å². The molecule has 2 heterocycles. The van der Waals surface area contributed by atoms with E-state index in [1.165, 1.54) is 0 Å². The molecule has 22 heavy (non-hydrogen) atoms. The number of hydrogen-bond donors (Lipinski definition) is 3. The van der Waals surface area contributed by atoms with Crippen molar-refractivity contribution in [1.82, 2.24) is 15.5 Å². The number of hydrogen-bond acceptors (Lipinski definition) is 4. The topological polar surface area (TPSA) is 79.0 Å². The lowest BCUT2D eigenvalue weighted by molar-refractivity contribution is -0.120. The summed E-state index contributed by atoms with van der Waals surface area (Å²) in [7, 11) is 0. The summed E-state index contributed by atoms with van der Waals surface area (Å²) in [6.07, 6.45) is 1.79. The fraction of sp³-hybridized carbons (Fsp3) is 0.375. The van der Waals surface area contributed by atoms with E-state index in [0.29, 0.717) is 11.6 Å². The highest BCUT2D eigenvalue weighted by molar-refractivity contribution is 5.92. The van der Waals surface area contributed by atoms with Crippen LogP contribution < -0.4 is 15.4 Å². The number of rotatable bonds is 4. The molecular weight excluding hydrogens is 280 g/mol. The van der Waals surface area contributed by atoms with Gasteiger partial charge in [0.1, 0.15) is 5.75 Å². The Balaban J connectivity index is 1.57. The highest BCUT2D eigenvalue weighted by Crippen LogP contribution is 2.22. The Morgan fingerprint density at radius 2 is 2.00 bits per heavy atom. The Morgan fingerprint density at radius 1 is 1.27 bits per heavy atom. The molecule has 2 aromatic rings. The van der Waals surface area contributed by atoms with Crippen molar-refractivity contribution >= 4 is 11.6 Å². The lowest BCUT2D eigenvalue weighted by Gasteiger charge is -2.21. The van der Waals surface area contributed by atoms with E-state index in [1.807, 2.05) is 37.3 Å². The molecule has 6 heteroatoms. The summed E-state index contributed by atoms with van der Waals surface area (Å²) in [5, 5.41) is 13.1. The van der Waals surface area contributed by atoms with E-state index in [4.69, 9.17) is 4.74 Å². The summed E-state index contributed by atoms with van der Waals surface area (Å²) < 4.78 is 5.61. The zero-order valence-corrected chi connectivity index (χ0v) is 12.6. The second-order valence-electron chi connectivity index (χ2n) is 5.53. The maximum atomic E-state index is 12.2. The van der Waals surface area contributed by atoms with E-state index in [0.717, 1.165) is 37.3 Å². The average Bonchev–Trinajstić information content (AvgIpc) is 2.95. The number of amides is 1. The molecule has 1 aromatic heterocycles. The number of carbonyl (C=O) groups excluding carboxylic acids is 1. The van der Waals surface area contributed by atoms with E-state index in [1.54, 1.807) is 0 Å². The molecule has 0 radical (unpaired) electrons. The molecule has 1 aliphatic rings. The van der Waals surface area contributed by atoms with Gasteiger partial charge in [-0.3, -0.25) is 9.89 Å². The lowest BCUT2D eigenvalue weighted by atomic mass is 9.97. The van der Waals surface area contributed by atoms with Gasteiger partial charge in [0.15, 0.2) is 0 Å². The van der Waals surface area contributed by atoms with Crippen molar-refractivity contribution in [3.63, 3.8) is 0 Å². The van der Waals surface area contributed by atoms with E-state index in [2.05, 4.69) is 20.8 Å². The number of piperidine rings is 1. The molecule has 3 N–H and O–H groups in total. The number of nitrogens with one attached hydrogen (secondary N) is 3. The maximum Gasteiger partial charge on any atom is 0.238 e. The third-order valence-electron chi connectivity index (χ3n) is 3.74. The zero-order valence-electron chi connectivity index (χ0n) is 12.6. The van der Waals surface area contributed by atoms with E-state index in [-0.39, 0.29) is 11.8 Å². The normalized spacial score (nSPS) is 15.5. The first-order valence-electron chi connectivity index (χ1n) is 7.52. The molecule has 0 bridgehead atoms. The first kappa shape index (κ1) is 14.6. The first-order valence-corrected chi connectivity index (χ1v) is 7.52. The predicted molar refractivity (Wildman–Crippen MR) is 84.1 cm³/mol. The second-order valence-corrected chi connectivity index (χ2v) is 5.53. The molecule has 0 atom stereocenters. The van der Waals surface area contributed by atoms with Crippen molar-refractivity contribution in [1.29, 1.82) is 0 Å². The summed E-state index contributed by atoms with van der Waals surface area (Å²) in [5.41, 5.74) is 1.73. The van der Waals surface area contributed by atoms with Crippen molar-refractivity contribution < 1.29 is 9.53 Å².